The molecular weight excluding hydrogens is 1250 g/mol. The van der Waals surface area contributed by atoms with Gasteiger partial charge in [0.05, 0.1) is 70.9 Å². The minimum Gasteiger partial charge on any atom is -0.465 e. The van der Waals surface area contributed by atoms with Crippen molar-refractivity contribution in [3.05, 3.63) is 0 Å². The van der Waals surface area contributed by atoms with Crippen LogP contribution in [0, 0.1) is 44.8 Å². The lowest BCUT2D eigenvalue weighted by molar-refractivity contribution is -0.173. The third kappa shape index (κ3) is 19.8. The lowest BCUT2D eigenvalue weighted by Gasteiger charge is -2.55. The van der Waals surface area contributed by atoms with Crippen molar-refractivity contribution in [2.24, 2.45) is 44.8 Å². The van der Waals surface area contributed by atoms with Gasteiger partial charge in [0.25, 0.3) is 0 Å². The lowest BCUT2D eigenvalue weighted by atomic mass is 9.66. The van der Waals surface area contributed by atoms with E-state index in [9.17, 15) is 47.9 Å². The van der Waals surface area contributed by atoms with Crippen molar-refractivity contribution >= 4 is 102 Å². The quantitative estimate of drug-likeness (QED) is 0.0405. The summed E-state index contributed by atoms with van der Waals surface area (Å²) < 4.78 is 80.7. The van der Waals surface area contributed by atoms with Crippen molar-refractivity contribution in [2.75, 3.05) is 39.6 Å². The van der Waals surface area contributed by atoms with Gasteiger partial charge in [-0.25, -0.2) is 0 Å². The van der Waals surface area contributed by atoms with Gasteiger partial charge < -0.3 is 58.5 Å². The fourth-order valence-corrected chi connectivity index (χ4v) is 40.5. The minimum absolute atomic E-state index is 0.000549. The van der Waals surface area contributed by atoms with Crippen LogP contribution in [-0.2, 0) is 106 Å². The van der Waals surface area contributed by atoms with Gasteiger partial charge in [0.2, 0.25) is 0 Å². The van der Waals surface area contributed by atoms with E-state index in [1.807, 2.05) is 27.3 Å². The number of fused-ring (bicyclic) bond motifs is 2. The molecule has 0 spiro atoms. The molecule has 23 nitrogen and oxygen atoms in total. The van der Waals surface area contributed by atoms with Gasteiger partial charge in [-0.1, -0.05) is 89.5 Å². The third-order valence-electron chi connectivity index (χ3n) is 18.9. The van der Waals surface area contributed by atoms with Crippen LogP contribution in [0.25, 0.3) is 0 Å². The van der Waals surface area contributed by atoms with Crippen LogP contribution in [0.2, 0.25) is 61.4 Å². The lowest BCUT2D eigenvalue weighted by Crippen LogP contribution is -2.74. The fraction of sp³-hybridized carbons (Fsp3) is 0.839. The smallest absolute Gasteiger partial charge is 0.465 e. The molecule has 0 aromatic heterocycles. The highest BCUT2D eigenvalue weighted by atomic mass is 28.6. The first-order valence-electron chi connectivity index (χ1n) is 32.5. The highest BCUT2D eigenvalue weighted by molar-refractivity contribution is 6.96. The number of hydrogen-bond acceptors (Lipinski definition) is 23. The molecule has 514 valence electrons. The molecule has 0 aromatic carbocycles. The molecule has 12 atom stereocenters. The number of esters is 10. The molecule has 12 unspecified atom stereocenters. The Morgan fingerprint density at radius 3 is 1.53 bits per heavy atom. The molecule has 0 radical (unpaired) electrons. The first-order valence-corrected chi connectivity index (χ1v) is 44.8. The molecule has 0 aromatic rings. The molecule has 4 heterocycles. The summed E-state index contributed by atoms with van der Waals surface area (Å²) in [5.41, 5.74) is -7.30. The van der Waals surface area contributed by atoms with Crippen molar-refractivity contribution in [1.82, 2.24) is 0 Å². The maximum absolute atomic E-state index is 14.7. The molecule has 4 rings (SSSR count). The van der Waals surface area contributed by atoms with Crippen molar-refractivity contribution in [3.8, 4) is 0 Å². The van der Waals surface area contributed by atoms with E-state index >= 15 is 0 Å². The Hall–Kier alpha value is -4.02. The van der Waals surface area contributed by atoms with Crippen LogP contribution in [0.5, 0.6) is 0 Å². The van der Waals surface area contributed by atoms with Crippen LogP contribution in [0.3, 0.4) is 0 Å². The third-order valence-corrected chi connectivity index (χ3v) is 42.9. The zero-order valence-corrected chi connectivity index (χ0v) is 62.7. The van der Waals surface area contributed by atoms with Crippen LogP contribution in [0.4, 0.5) is 0 Å². The standard InChI is InChI=1S/C62H108O23Si5/c1-21-26-62(39-49(64)80-57(62)72)37-47(12)52(67)75-29-30-76-53(68)58(13,22-2)40-59(14)35-45(10)50(65)73-27-24-33-86(16,17)81-88(19,42(4)5)84-90(44(8)9)83-87(18,82-89(20,85-90)43(6)7)34-25-28-74-51(66)46(11)36-60(15,55(70)78-32-31-77-54(59)69)41-61(23-3)38-48(63)79-56(61)71/h42-47H,21-41H2,1-20H3. The first-order chi connectivity index (χ1) is 41.5. The molecule has 0 saturated carbocycles. The summed E-state index contributed by atoms with van der Waals surface area (Å²) in [4.78, 5) is 135. The van der Waals surface area contributed by atoms with Crippen molar-refractivity contribution in [1.29, 1.82) is 0 Å². The number of rotatable bonds is 18. The van der Waals surface area contributed by atoms with Crippen LogP contribution in [0.15, 0.2) is 0 Å². The number of hydrogen-bond donors (Lipinski definition) is 0. The first kappa shape index (κ1) is 78.4. The van der Waals surface area contributed by atoms with Gasteiger partial charge in [-0.15, -0.1) is 0 Å². The predicted octanol–water partition coefficient (Wildman–Crippen LogP) is 11.1. The Bertz CT molecular complexity index is 2600. The zero-order chi connectivity index (χ0) is 68.3. The Balaban J connectivity index is 1.67. The molecule has 2 bridgehead atoms. The van der Waals surface area contributed by atoms with Crippen LogP contribution < -0.4 is 0 Å². The Labute approximate surface area is 539 Å². The summed E-state index contributed by atoms with van der Waals surface area (Å²) in [6.07, 6.45) is 0.940. The van der Waals surface area contributed by atoms with Crippen molar-refractivity contribution in [3.63, 3.8) is 0 Å². The summed E-state index contributed by atoms with van der Waals surface area (Å²) in [7, 11) is -15.5. The van der Waals surface area contributed by atoms with Crippen molar-refractivity contribution < 1.29 is 106 Å². The molecule has 4 aliphatic rings. The summed E-state index contributed by atoms with van der Waals surface area (Å²) in [5, 5.41) is 0. The SMILES string of the molecule is CCCC1(CC(C)C(=O)OCCOC(=O)C(C)(CC)CC2(C)CC(C)C(=O)OCCC[Si](C)(C)O[Si](C)(C(C)C)O[Si]3(C(C)C)O[Si](C)(CCCOC(=O)C(C)CC(C)(CC4(CC)CC(=O)OC4=O)C(=O)OCCOC2=O)O[Si](C)(C(C)C)O3)CC(=O)OC1=O. The van der Waals surface area contributed by atoms with Gasteiger partial charge >= 0.3 is 94.2 Å². The Kier molecular flexibility index (Phi) is 27.4. The highest BCUT2D eigenvalue weighted by Crippen LogP contribution is 2.50. The molecule has 90 heavy (non-hydrogen) atoms. The monoisotopic (exact) mass is 1360 g/mol. The summed E-state index contributed by atoms with van der Waals surface area (Å²) >= 11 is 0. The van der Waals surface area contributed by atoms with E-state index in [0.717, 1.165) is 0 Å². The summed E-state index contributed by atoms with van der Waals surface area (Å²) in [5.74, 6) is -9.72. The molecule has 0 aliphatic carbocycles. The summed E-state index contributed by atoms with van der Waals surface area (Å²) in [6, 6.07) is 1.05. The van der Waals surface area contributed by atoms with E-state index in [4.69, 9.17) is 58.5 Å². The molecule has 28 heteroatoms. The second-order valence-corrected chi connectivity index (χ2v) is 48.5. The minimum atomic E-state index is -3.62. The van der Waals surface area contributed by atoms with E-state index < -0.39 is 161 Å². The van der Waals surface area contributed by atoms with Gasteiger partial charge in [0.15, 0.2) is 8.32 Å². The van der Waals surface area contributed by atoms with Gasteiger partial charge in [-0.05, 0) is 141 Å². The number of carbonyl (C=O) groups excluding carboxylic acids is 10. The van der Waals surface area contributed by atoms with E-state index in [1.165, 1.54) is 0 Å². The van der Waals surface area contributed by atoms with E-state index in [2.05, 4.69) is 53.9 Å². The Morgan fingerprint density at radius 1 is 0.589 bits per heavy atom. The predicted molar refractivity (Wildman–Crippen MR) is 340 cm³/mol. The van der Waals surface area contributed by atoms with E-state index in [-0.39, 0.29) is 101 Å². The van der Waals surface area contributed by atoms with Gasteiger partial charge in [-0.2, -0.15) is 0 Å². The fourth-order valence-electron chi connectivity index (χ4n) is 12.9. The second-order valence-electron chi connectivity index (χ2n) is 28.9. The van der Waals surface area contributed by atoms with E-state index in [1.54, 1.807) is 55.4 Å². The molecule has 0 N–H and O–H groups in total. The normalized spacial score (nSPS) is 34.6. The largest absolute Gasteiger partial charge is 0.476 e. The molecular formula is C62H108O23Si5. The molecule has 4 aliphatic heterocycles. The van der Waals surface area contributed by atoms with Crippen molar-refractivity contribution in [2.45, 2.75) is 249 Å². The van der Waals surface area contributed by atoms with Crippen LogP contribution in [0.1, 0.15) is 187 Å². The number of cyclic esters (lactones) is 8. The maximum atomic E-state index is 14.7. The number of carbonyl (C=O) groups is 10. The van der Waals surface area contributed by atoms with E-state index in [0.29, 0.717) is 37.8 Å². The van der Waals surface area contributed by atoms with Crippen LogP contribution in [-0.4, -0.2) is 142 Å². The summed E-state index contributed by atoms with van der Waals surface area (Å²) in [6.45, 7) is 36.0. The second kappa shape index (κ2) is 31.5. The van der Waals surface area contributed by atoms with Gasteiger partial charge in [0.1, 0.15) is 26.4 Å². The van der Waals surface area contributed by atoms with Gasteiger partial charge in [-0.3, -0.25) is 47.9 Å². The zero-order valence-electron chi connectivity index (χ0n) is 57.7. The molecule has 4 saturated heterocycles. The Morgan fingerprint density at radius 2 is 1.07 bits per heavy atom. The average Bonchev–Trinajstić information content (AvgIpc) is 0.987. The number of ether oxygens (including phenoxy) is 8. The highest BCUT2D eigenvalue weighted by Gasteiger charge is 2.66. The van der Waals surface area contributed by atoms with Crippen LogP contribution >= 0.6 is 0 Å². The molecule has 0 amide bonds. The van der Waals surface area contributed by atoms with Gasteiger partial charge in [0, 0.05) is 5.54 Å². The molecule has 4 fully saturated rings. The topological polar surface area (TPSA) is 291 Å². The average molecular weight is 1360 g/mol. The maximum Gasteiger partial charge on any atom is 0.476 e.